The molecule has 1 atom stereocenters. The first-order chi connectivity index (χ1) is 8.43. The van der Waals surface area contributed by atoms with E-state index in [9.17, 15) is 8.42 Å². The first-order valence-corrected chi connectivity index (χ1v) is 7.80. The molecule has 7 heteroatoms. The van der Waals surface area contributed by atoms with E-state index < -0.39 is 10.0 Å². The number of rotatable bonds is 2. The second-order valence-corrected chi connectivity index (χ2v) is 6.95. The van der Waals surface area contributed by atoms with Crippen LogP contribution in [0.3, 0.4) is 0 Å². The molecule has 1 N–H and O–H groups in total. The molecular formula is C11H14Cl2N2O2S. The molecule has 0 amide bonds. The second kappa shape index (κ2) is 5.35. The fourth-order valence-electron chi connectivity index (χ4n) is 1.98. The number of nitrogens with zero attached hydrogens (tertiary/aromatic N) is 1. The van der Waals surface area contributed by atoms with Crippen molar-refractivity contribution >= 4 is 33.2 Å². The van der Waals surface area contributed by atoms with E-state index in [-0.39, 0.29) is 16.0 Å². The van der Waals surface area contributed by atoms with Gasteiger partial charge in [0.05, 0.1) is 5.02 Å². The standard InChI is InChI=1S/C11H14Cl2N2O2S/c1-8-7-14-4-5-15(8)18(16,17)11-6-9(12)2-3-10(11)13/h2-3,6,8,14H,4-5,7H2,1H3/t8-/m1/s1. The third-order valence-electron chi connectivity index (χ3n) is 2.92. The van der Waals surface area contributed by atoms with Crippen molar-refractivity contribution < 1.29 is 8.42 Å². The molecule has 0 spiro atoms. The van der Waals surface area contributed by atoms with E-state index in [1.54, 1.807) is 6.07 Å². The number of nitrogens with one attached hydrogen (secondary N) is 1. The van der Waals surface area contributed by atoms with E-state index in [0.717, 1.165) is 0 Å². The van der Waals surface area contributed by atoms with Gasteiger partial charge in [-0.3, -0.25) is 0 Å². The molecule has 0 aliphatic carbocycles. The minimum absolute atomic E-state index is 0.0745. The van der Waals surface area contributed by atoms with Gasteiger partial charge < -0.3 is 5.32 Å². The molecule has 0 unspecified atom stereocenters. The van der Waals surface area contributed by atoms with E-state index >= 15 is 0 Å². The maximum absolute atomic E-state index is 12.5. The first kappa shape index (κ1) is 14.1. The molecule has 1 aromatic carbocycles. The molecule has 0 bridgehead atoms. The Morgan fingerprint density at radius 1 is 1.39 bits per heavy atom. The summed E-state index contributed by atoms with van der Waals surface area (Å²) < 4.78 is 26.5. The van der Waals surface area contributed by atoms with E-state index in [4.69, 9.17) is 23.2 Å². The number of hydrogen-bond donors (Lipinski definition) is 1. The largest absolute Gasteiger partial charge is 0.314 e. The molecule has 2 rings (SSSR count). The zero-order valence-electron chi connectivity index (χ0n) is 9.86. The molecule has 1 aromatic rings. The minimum Gasteiger partial charge on any atom is -0.314 e. The lowest BCUT2D eigenvalue weighted by molar-refractivity contribution is 0.284. The quantitative estimate of drug-likeness (QED) is 0.909. The van der Waals surface area contributed by atoms with Crippen molar-refractivity contribution in [2.24, 2.45) is 0 Å². The topological polar surface area (TPSA) is 49.4 Å². The van der Waals surface area contributed by atoms with Gasteiger partial charge in [-0.25, -0.2) is 8.42 Å². The van der Waals surface area contributed by atoms with Gasteiger partial charge in [-0.05, 0) is 25.1 Å². The van der Waals surface area contributed by atoms with E-state index in [1.165, 1.54) is 16.4 Å². The van der Waals surface area contributed by atoms with Gasteiger partial charge in [0, 0.05) is 30.7 Å². The van der Waals surface area contributed by atoms with Crippen molar-refractivity contribution in [1.29, 1.82) is 0 Å². The summed E-state index contributed by atoms with van der Waals surface area (Å²) in [4.78, 5) is 0.0745. The van der Waals surface area contributed by atoms with Crippen LogP contribution >= 0.6 is 23.2 Å². The van der Waals surface area contributed by atoms with Gasteiger partial charge in [0.2, 0.25) is 10.0 Å². The average Bonchev–Trinajstić information content (AvgIpc) is 2.32. The number of benzene rings is 1. The fraction of sp³-hybridized carbons (Fsp3) is 0.455. The minimum atomic E-state index is -3.59. The molecule has 0 radical (unpaired) electrons. The third kappa shape index (κ3) is 2.65. The number of halogens is 2. The Hall–Kier alpha value is -0.330. The van der Waals surface area contributed by atoms with Gasteiger partial charge in [0.25, 0.3) is 0 Å². The average molecular weight is 309 g/mol. The summed E-state index contributed by atoms with van der Waals surface area (Å²) in [6.07, 6.45) is 0. The molecule has 1 heterocycles. The molecule has 18 heavy (non-hydrogen) atoms. The molecule has 0 aromatic heterocycles. The molecule has 1 aliphatic heterocycles. The van der Waals surface area contributed by atoms with E-state index in [2.05, 4.69) is 5.32 Å². The van der Waals surface area contributed by atoms with Crippen LogP contribution in [-0.4, -0.2) is 38.4 Å². The van der Waals surface area contributed by atoms with Crippen LogP contribution in [0.5, 0.6) is 0 Å². The van der Waals surface area contributed by atoms with Crippen LogP contribution in [0.25, 0.3) is 0 Å². The number of sulfonamides is 1. The first-order valence-electron chi connectivity index (χ1n) is 5.60. The van der Waals surface area contributed by atoms with Crippen molar-refractivity contribution in [2.45, 2.75) is 17.9 Å². The summed E-state index contributed by atoms with van der Waals surface area (Å²) in [7, 11) is -3.59. The highest BCUT2D eigenvalue weighted by Gasteiger charge is 2.32. The molecule has 1 saturated heterocycles. The highest BCUT2D eigenvalue weighted by molar-refractivity contribution is 7.89. The van der Waals surface area contributed by atoms with Crippen LogP contribution < -0.4 is 5.32 Å². The maximum atomic E-state index is 12.5. The highest BCUT2D eigenvalue weighted by atomic mass is 35.5. The number of piperazine rings is 1. The van der Waals surface area contributed by atoms with Crippen molar-refractivity contribution in [3.05, 3.63) is 28.2 Å². The summed E-state index contributed by atoms with van der Waals surface area (Å²) in [5.41, 5.74) is 0. The Bertz CT molecular complexity index is 548. The SMILES string of the molecule is C[C@@H]1CNCCN1S(=O)(=O)c1cc(Cl)ccc1Cl. The van der Waals surface area contributed by atoms with Gasteiger partial charge >= 0.3 is 0 Å². The zero-order chi connectivity index (χ0) is 13.3. The Morgan fingerprint density at radius 2 is 2.11 bits per heavy atom. The molecule has 100 valence electrons. The monoisotopic (exact) mass is 308 g/mol. The summed E-state index contributed by atoms with van der Waals surface area (Å²) in [5, 5.41) is 3.71. The molecule has 0 saturated carbocycles. The summed E-state index contributed by atoms with van der Waals surface area (Å²) in [6, 6.07) is 4.38. The van der Waals surface area contributed by atoms with Crippen molar-refractivity contribution in [1.82, 2.24) is 9.62 Å². The van der Waals surface area contributed by atoms with Crippen molar-refractivity contribution in [2.75, 3.05) is 19.6 Å². The predicted molar refractivity (Wildman–Crippen MR) is 72.7 cm³/mol. The lowest BCUT2D eigenvalue weighted by Gasteiger charge is -2.33. The Balaban J connectivity index is 2.44. The van der Waals surface area contributed by atoms with Gasteiger partial charge in [-0.2, -0.15) is 4.31 Å². The normalized spacial score (nSPS) is 22.1. The number of hydrogen-bond acceptors (Lipinski definition) is 3. The summed E-state index contributed by atoms with van der Waals surface area (Å²) >= 11 is 11.8. The summed E-state index contributed by atoms with van der Waals surface area (Å²) in [6.45, 7) is 3.58. The van der Waals surface area contributed by atoms with Gasteiger partial charge in [0.15, 0.2) is 0 Å². The Labute approximate surface area is 117 Å². The summed E-state index contributed by atoms with van der Waals surface area (Å²) in [5.74, 6) is 0. The Morgan fingerprint density at radius 3 is 2.78 bits per heavy atom. The maximum Gasteiger partial charge on any atom is 0.244 e. The van der Waals surface area contributed by atoms with Crippen LogP contribution in [0.1, 0.15) is 6.92 Å². The molecule has 1 aliphatic rings. The van der Waals surface area contributed by atoms with E-state index in [1.807, 2.05) is 6.92 Å². The predicted octanol–water partition coefficient (Wildman–Crippen LogP) is 1.98. The van der Waals surface area contributed by atoms with Crippen LogP contribution in [0.2, 0.25) is 10.0 Å². The fourth-order valence-corrected chi connectivity index (χ4v) is 4.35. The van der Waals surface area contributed by atoms with Crippen molar-refractivity contribution in [3.63, 3.8) is 0 Å². The highest BCUT2D eigenvalue weighted by Crippen LogP contribution is 2.28. The van der Waals surface area contributed by atoms with Gasteiger partial charge in [-0.1, -0.05) is 23.2 Å². The molecule has 4 nitrogen and oxygen atoms in total. The second-order valence-electron chi connectivity index (χ2n) is 4.24. The zero-order valence-corrected chi connectivity index (χ0v) is 12.2. The third-order valence-corrected chi connectivity index (χ3v) is 5.65. The smallest absolute Gasteiger partial charge is 0.244 e. The lowest BCUT2D eigenvalue weighted by Crippen LogP contribution is -2.52. The van der Waals surface area contributed by atoms with Crippen LogP contribution in [-0.2, 0) is 10.0 Å². The van der Waals surface area contributed by atoms with Crippen LogP contribution in [0.15, 0.2) is 23.1 Å². The lowest BCUT2D eigenvalue weighted by atomic mass is 10.3. The molecular weight excluding hydrogens is 295 g/mol. The van der Waals surface area contributed by atoms with Gasteiger partial charge in [0.1, 0.15) is 4.90 Å². The van der Waals surface area contributed by atoms with E-state index in [0.29, 0.717) is 24.7 Å². The molecule has 1 fully saturated rings. The van der Waals surface area contributed by atoms with Crippen LogP contribution in [0, 0.1) is 0 Å². The van der Waals surface area contributed by atoms with Crippen molar-refractivity contribution in [3.8, 4) is 0 Å². The van der Waals surface area contributed by atoms with Gasteiger partial charge in [-0.15, -0.1) is 0 Å². The Kier molecular flexibility index (Phi) is 4.18. The van der Waals surface area contributed by atoms with Crippen LogP contribution in [0.4, 0.5) is 0 Å².